The number of carbonyl (C=O) groups is 3. The largest absolute Gasteiger partial charge is 0.480 e. The summed E-state index contributed by atoms with van der Waals surface area (Å²) in [6.45, 7) is 3.42. The molecule has 1 unspecified atom stereocenters. The van der Waals surface area contributed by atoms with Crippen LogP contribution in [0.3, 0.4) is 0 Å². The van der Waals surface area contributed by atoms with Crippen LogP contribution < -0.4 is 10.6 Å². The van der Waals surface area contributed by atoms with Gasteiger partial charge in [-0.25, -0.2) is 9.59 Å². The SMILES string of the molecule is C=CC(=O)NCCC(NC(=O)OCc1ccccc1)C(=O)O. The van der Waals surface area contributed by atoms with Crippen LogP contribution in [-0.4, -0.2) is 35.7 Å². The van der Waals surface area contributed by atoms with Gasteiger partial charge in [0.25, 0.3) is 0 Å². The number of hydrogen-bond acceptors (Lipinski definition) is 4. The van der Waals surface area contributed by atoms with Crippen LogP contribution in [0.25, 0.3) is 0 Å². The highest BCUT2D eigenvalue weighted by Gasteiger charge is 2.20. The van der Waals surface area contributed by atoms with Gasteiger partial charge in [-0.3, -0.25) is 4.79 Å². The van der Waals surface area contributed by atoms with E-state index in [1.54, 1.807) is 24.3 Å². The molecule has 0 aromatic heterocycles. The Hall–Kier alpha value is -2.83. The highest BCUT2D eigenvalue weighted by atomic mass is 16.5. The van der Waals surface area contributed by atoms with E-state index < -0.39 is 24.0 Å². The van der Waals surface area contributed by atoms with Crippen molar-refractivity contribution in [1.82, 2.24) is 10.6 Å². The second kappa shape index (κ2) is 9.17. The number of carboxylic acids is 1. The Morgan fingerprint density at radius 3 is 2.55 bits per heavy atom. The van der Waals surface area contributed by atoms with Crippen molar-refractivity contribution in [3.05, 3.63) is 48.6 Å². The quantitative estimate of drug-likeness (QED) is 0.623. The lowest BCUT2D eigenvalue weighted by Gasteiger charge is -2.14. The molecule has 0 spiro atoms. The van der Waals surface area contributed by atoms with Gasteiger partial charge in [0.1, 0.15) is 12.6 Å². The first-order valence-corrected chi connectivity index (χ1v) is 6.63. The van der Waals surface area contributed by atoms with E-state index in [-0.39, 0.29) is 19.6 Å². The average Bonchev–Trinajstić information content (AvgIpc) is 2.52. The van der Waals surface area contributed by atoms with Crippen LogP contribution in [0.1, 0.15) is 12.0 Å². The number of carboxylic acid groups (broad SMARTS) is 1. The molecule has 0 fully saturated rings. The first kappa shape index (κ1) is 17.2. The molecule has 0 bridgehead atoms. The van der Waals surface area contributed by atoms with Crippen LogP contribution in [0.4, 0.5) is 4.79 Å². The van der Waals surface area contributed by atoms with Gasteiger partial charge in [0.15, 0.2) is 0 Å². The van der Waals surface area contributed by atoms with Crippen molar-refractivity contribution in [3.8, 4) is 0 Å². The second-order valence-electron chi connectivity index (χ2n) is 4.38. The van der Waals surface area contributed by atoms with Gasteiger partial charge >= 0.3 is 12.1 Å². The molecule has 0 heterocycles. The Morgan fingerprint density at radius 1 is 1.27 bits per heavy atom. The predicted octanol–water partition coefficient (Wildman–Crippen LogP) is 1.06. The van der Waals surface area contributed by atoms with E-state index in [4.69, 9.17) is 9.84 Å². The number of nitrogens with one attached hydrogen (secondary N) is 2. The van der Waals surface area contributed by atoms with Crippen molar-refractivity contribution in [2.24, 2.45) is 0 Å². The second-order valence-corrected chi connectivity index (χ2v) is 4.38. The van der Waals surface area contributed by atoms with Crippen LogP contribution in [0.2, 0.25) is 0 Å². The molecule has 3 N–H and O–H groups in total. The number of amides is 2. The highest BCUT2D eigenvalue weighted by Crippen LogP contribution is 2.01. The van der Waals surface area contributed by atoms with Gasteiger partial charge in [-0.05, 0) is 18.1 Å². The zero-order chi connectivity index (χ0) is 16.4. The number of rotatable bonds is 8. The van der Waals surface area contributed by atoms with Crippen LogP contribution >= 0.6 is 0 Å². The van der Waals surface area contributed by atoms with Crippen LogP contribution in [0.15, 0.2) is 43.0 Å². The third kappa shape index (κ3) is 6.56. The minimum Gasteiger partial charge on any atom is -0.480 e. The first-order valence-electron chi connectivity index (χ1n) is 6.63. The summed E-state index contributed by atoms with van der Waals surface area (Å²) in [6, 6.07) is 7.87. The molecular formula is C15H18N2O5. The van der Waals surface area contributed by atoms with Crippen molar-refractivity contribution in [3.63, 3.8) is 0 Å². The van der Waals surface area contributed by atoms with Crippen molar-refractivity contribution >= 4 is 18.0 Å². The van der Waals surface area contributed by atoms with E-state index in [0.29, 0.717) is 0 Å². The Bertz CT molecular complexity index is 530. The summed E-state index contributed by atoms with van der Waals surface area (Å²) >= 11 is 0. The molecule has 1 aromatic carbocycles. The molecule has 7 nitrogen and oxygen atoms in total. The van der Waals surface area contributed by atoms with Crippen molar-refractivity contribution in [2.75, 3.05) is 6.54 Å². The molecule has 0 aliphatic heterocycles. The van der Waals surface area contributed by atoms with Crippen LogP contribution in [-0.2, 0) is 20.9 Å². The zero-order valence-electron chi connectivity index (χ0n) is 12.0. The number of aliphatic carboxylic acids is 1. The van der Waals surface area contributed by atoms with Gasteiger partial charge in [0.05, 0.1) is 0 Å². The van der Waals surface area contributed by atoms with Crippen molar-refractivity contribution in [2.45, 2.75) is 19.1 Å². The van der Waals surface area contributed by atoms with E-state index >= 15 is 0 Å². The van der Waals surface area contributed by atoms with Gasteiger partial charge in [0, 0.05) is 6.54 Å². The highest BCUT2D eigenvalue weighted by molar-refractivity contribution is 5.86. The lowest BCUT2D eigenvalue weighted by molar-refractivity contribution is -0.139. The summed E-state index contributed by atoms with van der Waals surface area (Å²) in [5.41, 5.74) is 0.794. The molecule has 118 valence electrons. The summed E-state index contributed by atoms with van der Waals surface area (Å²) in [5.74, 6) is -1.61. The first-order chi connectivity index (χ1) is 10.5. The molecular weight excluding hydrogens is 288 g/mol. The monoisotopic (exact) mass is 306 g/mol. The van der Waals surface area contributed by atoms with Crippen LogP contribution in [0, 0.1) is 0 Å². The molecule has 1 aromatic rings. The fourth-order valence-electron chi connectivity index (χ4n) is 1.58. The molecule has 0 saturated carbocycles. The van der Waals surface area contributed by atoms with E-state index in [1.807, 2.05) is 6.07 Å². The van der Waals surface area contributed by atoms with Gasteiger partial charge < -0.3 is 20.5 Å². The van der Waals surface area contributed by atoms with Crippen LogP contribution in [0.5, 0.6) is 0 Å². The fraction of sp³-hybridized carbons (Fsp3) is 0.267. The smallest absolute Gasteiger partial charge is 0.408 e. The zero-order valence-corrected chi connectivity index (χ0v) is 12.0. The maximum Gasteiger partial charge on any atom is 0.408 e. The van der Waals surface area contributed by atoms with Crippen molar-refractivity contribution < 1.29 is 24.2 Å². The Labute approximate surface area is 128 Å². The number of benzene rings is 1. The summed E-state index contributed by atoms with van der Waals surface area (Å²) in [6.07, 6.45) is 0.290. The number of ether oxygens (including phenoxy) is 1. The summed E-state index contributed by atoms with van der Waals surface area (Å²) in [4.78, 5) is 33.6. The molecule has 2 amide bonds. The summed E-state index contributed by atoms with van der Waals surface area (Å²) in [7, 11) is 0. The summed E-state index contributed by atoms with van der Waals surface area (Å²) in [5, 5.41) is 13.7. The standard InChI is InChI=1S/C15H18N2O5/c1-2-13(18)16-9-8-12(14(19)20)17-15(21)22-10-11-6-4-3-5-7-11/h2-7,12H,1,8-10H2,(H,16,18)(H,17,21)(H,19,20). The lowest BCUT2D eigenvalue weighted by atomic mass is 10.2. The topological polar surface area (TPSA) is 105 Å². The Morgan fingerprint density at radius 2 is 1.95 bits per heavy atom. The van der Waals surface area contributed by atoms with E-state index in [0.717, 1.165) is 11.6 Å². The van der Waals surface area contributed by atoms with Crippen molar-refractivity contribution in [1.29, 1.82) is 0 Å². The van der Waals surface area contributed by atoms with Gasteiger partial charge in [-0.2, -0.15) is 0 Å². The van der Waals surface area contributed by atoms with Gasteiger partial charge in [0.2, 0.25) is 5.91 Å². The van der Waals surface area contributed by atoms with Gasteiger partial charge in [-0.15, -0.1) is 0 Å². The maximum atomic E-state index is 11.6. The molecule has 1 rings (SSSR count). The third-order valence-corrected chi connectivity index (χ3v) is 2.72. The lowest BCUT2D eigenvalue weighted by Crippen LogP contribution is -2.43. The predicted molar refractivity (Wildman–Crippen MR) is 79.0 cm³/mol. The average molecular weight is 306 g/mol. The molecule has 0 aliphatic carbocycles. The fourth-order valence-corrected chi connectivity index (χ4v) is 1.58. The third-order valence-electron chi connectivity index (χ3n) is 2.72. The van der Waals surface area contributed by atoms with E-state index in [2.05, 4.69) is 17.2 Å². The summed E-state index contributed by atoms with van der Waals surface area (Å²) < 4.78 is 4.94. The molecule has 1 atom stereocenters. The molecule has 7 heteroatoms. The Kier molecular flexibility index (Phi) is 7.18. The van der Waals surface area contributed by atoms with E-state index in [9.17, 15) is 14.4 Å². The minimum absolute atomic E-state index is 0.0371. The molecule has 0 aliphatic rings. The van der Waals surface area contributed by atoms with Gasteiger partial charge in [-0.1, -0.05) is 36.9 Å². The molecule has 0 radical (unpaired) electrons. The molecule has 22 heavy (non-hydrogen) atoms. The normalized spacial score (nSPS) is 11.1. The maximum absolute atomic E-state index is 11.6. The number of carbonyl (C=O) groups excluding carboxylic acids is 2. The Balaban J connectivity index is 2.38. The number of hydrogen-bond donors (Lipinski definition) is 3. The number of alkyl carbamates (subject to hydrolysis) is 1. The minimum atomic E-state index is -1.20. The molecule has 0 saturated heterocycles. The van der Waals surface area contributed by atoms with E-state index in [1.165, 1.54) is 0 Å².